The van der Waals surface area contributed by atoms with Crippen molar-refractivity contribution in [1.82, 2.24) is 10.0 Å². The molecule has 0 spiro atoms. The Labute approximate surface area is 184 Å². The van der Waals surface area contributed by atoms with E-state index < -0.39 is 22.0 Å². The van der Waals surface area contributed by atoms with Gasteiger partial charge in [0.25, 0.3) is 0 Å². The smallest absolute Gasteiger partial charge is 0.244 e. The van der Waals surface area contributed by atoms with Crippen LogP contribution < -0.4 is 24.2 Å². The molecule has 1 amide bonds. The van der Waals surface area contributed by atoms with Gasteiger partial charge in [-0.2, -0.15) is 4.72 Å². The number of benzene rings is 2. The highest BCUT2D eigenvalue weighted by Gasteiger charge is 2.25. The predicted molar refractivity (Wildman–Crippen MR) is 118 cm³/mol. The van der Waals surface area contributed by atoms with E-state index >= 15 is 0 Å². The number of ether oxygens (including phenoxy) is 3. The third kappa shape index (κ3) is 6.11. The van der Waals surface area contributed by atoms with Gasteiger partial charge in [0, 0.05) is 6.54 Å². The molecule has 8 nitrogen and oxygen atoms in total. The number of rotatable bonds is 10. The topological polar surface area (TPSA) is 103 Å². The minimum Gasteiger partial charge on any atom is -0.495 e. The SMILES string of the molecule is COc1ccc(CNC(=O)C(C)NS(=O)(=O)c2cc(C(C)C)ccc2OC)cc1OC. The molecule has 0 fully saturated rings. The lowest BCUT2D eigenvalue weighted by Gasteiger charge is -2.17. The summed E-state index contributed by atoms with van der Waals surface area (Å²) in [7, 11) is 0.495. The first-order valence-electron chi connectivity index (χ1n) is 9.81. The normalized spacial score (nSPS) is 12.4. The van der Waals surface area contributed by atoms with Crippen molar-refractivity contribution in [3.05, 3.63) is 47.5 Å². The Balaban J connectivity index is 2.11. The summed E-state index contributed by atoms with van der Waals surface area (Å²) in [5.41, 5.74) is 1.64. The minimum absolute atomic E-state index is 0.000686. The Bertz CT molecular complexity index is 1020. The Morgan fingerprint density at radius 3 is 2.10 bits per heavy atom. The third-order valence-corrected chi connectivity index (χ3v) is 6.35. The van der Waals surface area contributed by atoms with Crippen molar-refractivity contribution in [3.63, 3.8) is 0 Å². The molecule has 0 aliphatic heterocycles. The summed E-state index contributed by atoms with van der Waals surface area (Å²) >= 11 is 0. The second-order valence-corrected chi connectivity index (χ2v) is 9.00. The van der Waals surface area contributed by atoms with Crippen molar-refractivity contribution in [2.24, 2.45) is 0 Å². The summed E-state index contributed by atoms with van der Waals surface area (Å²) < 4.78 is 43.9. The van der Waals surface area contributed by atoms with Crippen LogP contribution >= 0.6 is 0 Å². The van der Waals surface area contributed by atoms with Crippen LogP contribution in [0.3, 0.4) is 0 Å². The zero-order valence-electron chi connectivity index (χ0n) is 18.7. The van der Waals surface area contributed by atoms with Gasteiger partial charge < -0.3 is 19.5 Å². The van der Waals surface area contributed by atoms with Crippen molar-refractivity contribution >= 4 is 15.9 Å². The summed E-state index contributed by atoms with van der Waals surface area (Å²) in [5, 5.41) is 2.73. The molecule has 2 aromatic rings. The average Bonchev–Trinajstić information content (AvgIpc) is 2.76. The Hall–Kier alpha value is -2.78. The summed E-state index contributed by atoms with van der Waals surface area (Å²) in [5.74, 6) is 1.02. The molecule has 2 aromatic carbocycles. The van der Waals surface area contributed by atoms with Gasteiger partial charge in [0.05, 0.1) is 27.4 Å². The lowest BCUT2D eigenvalue weighted by Crippen LogP contribution is -2.44. The summed E-state index contributed by atoms with van der Waals surface area (Å²) in [6.45, 7) is 5.63. The van der Waals surface area contributed by atoms with E-state index in [1.807, 2.05) is 19.9 Å². The van der Waals surface area contributed by atoms with Crippen LogP contribution in [0.2, 0.25) is 0 Å². The number of sulfonamides is 1. The van der Waals surface area contributed by atoms with E-state index in [0.29, 0.717) is 11.5 Å². The van der Waals surface area contributed by atoms with Gasteiger partial charge >= 0.3 is 0 Å². The van der Waals surface area contributed by atoms with Crippen molar-refractivity contribution in [2.75, 3.05) is 21.3 Å². The highest BCUT2D eigenvalue weighted by molar-refractivity contribution is 7.89. The van der Waals surface area contributed by atoms with Gasteiger partial charge in [-0.05, 0) is 48.2 Å². The molecule has 0 saturated heterocycles. The van der Waals surface area contributed by atoms with Gasteiger partial charge in [-0.1, -0.05) is 26.0 Å². The number of methoxy groups -OCH3 is 3. The molecule has 0 aliphatic rings. The van der Waals surface area contributed by atoms with E-state index in [1.54, 1.807) is 37.4 Å². The molecular weight excluding hydrogens is 420 g/mol. The maximum absolute atomic E-state index is 12.9. The fourth-order valence-corrected chi connectivity index (χ4v) is 4.35. The Kier molecular flexibility index (Phi) is 8.29. The molecule has 170 valence electrons. The van der Waals surface area contributed by atoms with Crippen molar-refractivity contribution in [3.8, 4) is 17.2 Å². The first kappa shape index (κ1) is 24.5. The van der Waals surface area contributed by atoms with Crippen LogP contribution in [0.4, 0.5) is 0 Å². The molecule has 2 rings (SSSR count). The van der Waals surface area contributed by atoms with Gasteiger partial charge in [0.1, 0.15) is 10.6 Å². The highest BCUT2D eigenvalue weighted by Crippen LogP contribution is 2.29. The molecule has 1 atom stereocenters. The molecular formula is C22H30N2O6S. The van der Waals surface area contributed by atoms with Crippen LogP contribution in [0.15, 0.2) is 41.3 Å². The van der Waals surface area contributed by atoms with Crippen LogP contribution in [-0.2, 0) is 21.4 Å². The maximum atomic E-state index is 12.9. The zero-order valence-corrected chi connectivity index (χ0v) is 19.5. The van der Waals surface area contributed by atoms with Crippen molar-refractivity contribution in [2.45, 2.75) is 44.2 Å². The van der Waals surface area contributed by atoms with E-state index in [1.165, 1.54) is 21.1 Å². The van der Waals surface area contributed by atoms with E-state index in [9.17, 15) is 13.2 Å². The highest BCUT2D eigenvalue weighted by atomic mass is 32.2. The lowest BCUT2D eigenvalue weighted by molar-refractivity contribution is -0.122. The second kappa shape index (κ2) is 10.5. The monoisotopic (exact) mass is 450 g/mol. The Morgan fingerprint density at radius 1 is 0.903 bits per heavy atom. The molecule has 1 unspecified atom stereocenters. The fourth-order valence-electron chi connectivity index (χ4n) is 2.95. The lowest BCUT2D eigenvalue weighted by atomic mass is 10.0. The standard InChI is InChI=1S/C22H30N2O6S/c1-14(2)17-8-10-19(29-5)21(12-17)31(26,27)24-15(3)22(25)23-13-16-7-9-18(28-4)20(11-16)30-6/h7-12,14-15,24H,13H2,1-6H3,(H,23,25). The van der Waals surface area contributed by atoms with Crippen LogP contribution in [0.5, 0.6) is 17.2 Å². The summed E-state index contributed by atoms with van der Waals surface area (Å²) in [4.78, 5) is 12.5. The molecule has 2 N–H and O–H groups in total. The third-order valence-electron chi connectivity index (χ3n) is 4.78. The minimum atomic E-state index is -3.98. The molecule has 0 saturated carbocycles. The van der Waals surface area contributed by atoms with E-state index in [4.69, 9.17) is 14.2 Å². The van der Waals surface area contributed by atoms with Crippen LogP contribution in [-0.4, -0.2) is 41.7 Å². The maximum Gasteiger partial charge on any atom is 0.244 e. The first-order chi connectivity index (χ1) is 14.6. The van der Waals surface area contributed by atoms with Crippen LogP contribution in [0.1, 0.15) is 37.8 Å². The second-order valence-electron chi connectivity index (χ2n) is 7.32. The molecule has 0 bridgehead atoms. The molecule has 0 aliphatic carbocycles. The van der Waals surface area contributed by atoms with Gasteiger partial charge in [0.15, 0.2) is 11.5 Å². The van der Waals surface area contributed by atoms with Crippen LogP contribution in [0.25, 0.3) is 0 Å². The fraction of sp³-hybridized carbons (Fsp3) is 0.409. The van der Waals surface area contributed by atoms with E-state index in [2.05, 4.69) is 10.0 Å². The molecule has 31 heavy (non-hydrogen) atoms. The summed E-state index contributed by atoms with van der Waals surface area (Å²) in [6, 6.07) is 9.29. The Morgan fingerprint density at radius 2 is 1.52 bits per heavy atom. The number of nitrogens with one attached hydrogen (secondary N) is 2. The molecule has 0 radical (unpaired) electrons. The largest absolute Gasteiger partial charge is 0.495 e. The first-order valence-corrected chi connectivity index (χ1v) is 11.3. The van der Waals surface area contributed by atoms with Gasteiger partial charge in [0.2, 0.25) is 15.9 Å². The summed E-state index contributed by atoms with van der Waals surface area (Å²) in [6.07, 6.45) is 0. The van der Waals surface area contributed by atoms with Gasteiger partial charge in [-0.25, -0.2) is 8.42 Å². The number of carbonyl (C=O) groups excluding carboxylic acids is 1. The number of carbonyl (C=O) groups is 1. The van der Waals surface area contributed by atoms with Crippen LogP contribution in [0, 0.1) is 0 Å². The number of amides is 1. The van der Waals surface area contributed by atoms with Gasteiger partial charge in [-0.3, -0.25) is 4.79 Å². The van der Waals surface area contributed by atoms with Gasteiger partial charge in [-0.15, -0.1) is 0 Å². The number of hydrogen-bond donors (Lipinski definition) is 2. The predicted octanol–water partition coefficient (Wildman–Crippen LogP) is 2.82. The number of hydrogen-bond acceptors (Lipinski definition) is 6. The zero-order chi connectivity index (χ0) is 23.2. The van der Waals surface area contributed by atoms with E-state index in [0.717, 1.165) is 11.1 Å². The van der Waals surface area contributed by atoms with Crippen molar-refractivity contribution in [1.29, 1.82) is 0 Å². The quantitative estimate of drug-likeness (QED) is 0.577. The average molecular weight is 451 g/mol. The van der Waals surface area contributed by atoms with Crippen molar-refractivity contribution < 1.29 is 27.4 Å². The van der Waals surface area contributed by atoms with E-state index in [-0.39, 0.29) is 23.1 Å². The molecule has 0 heterocycles. The molecule has 0 aromatic heterocycles. The molecule has 9 heteroatoms.